The van der Waals surface area contributed by atoms with Crippen LogP contribution >= 0.6 is 0 Å². The molecule has 2 aromatic rings. The van der Waals surface area contributed by atoms with Gasteiger partial charge in [-0.25, -0.2) is 4.79 Å². The average molecular weight is 286 g/mol. The number of hydrogen-bond acceptors (Lipinski definition) is 3. The Hall–Kier alpha value is -2.49. The highest BCUT2D eigenvalue weighted by molar-refractivity contribution is 5.92. The van der Waals surface area contributed by atoms with Crippen molar-refractivity contribution in [1.29, 1.82) is 0 Å². The molecule has 0 atom stereocenters. The number of carboxylic acid groups (broad SMARTS) is 1. The maximum atomic E-state index is 11.4. The second kappa shape index (κ2) is 6.79. The van der Waals surface area contributed by atoms with Gasteiger partial charge in [-0.05, 0) is 42.2 Å². The number of aromatic carboxylic acids is 1. The zero-order chi connectivity index (χ0) is 15.2. The Morgan fingerprint density at radius 1 is 1.00 bits per heavy atom. The molecule has 1 N–H and O–H groups in total. The maximum absolute atomic E-state index is 11.4. The molecule has 110 valence electrons. The van der Waals surface area contributed by atoms with Gasteiger partial charge in [-0.3, -0.25) is 0 Å². The van der Waals surface area contributed by atoms with E-state index in [1.807, 2.05) is 36.4 Å². The van der Waals surface area contributed by atoms with Gasteiger partial charge in [0.25, 0.3) is 0 Å². The van der Waals surface area contributed by atoms with E-state index in [2.05, 4.69) is 0 Å². The van der Waals surface area contributed by atoms with Gasteiger partial charge >= 0.3 is 5.97 Å². The zero-order valence-electron chi connectivity index (χ0n) is 12.1. The Morgan fingerprint density at radius 2 is 1.71 bits per heavy atom. The van der Waals surface area contributed by atoms with Crippen molar-refractivity contribution >= 4 is 5.97 Å². The van der Waals surface area contributed by atoms with E-state index in [0.29, 0.717) is 12.2 Å². The van der Waals surface area contributed by atoms with E-state index in [9.17, 15) is 9.90 Å². The summed E-state index contributed by atoms with van der Waals surface area (Å²) in [7, 11) is 3.11. The molecule has 0 spiro atoms. The molecule has 0 aliphatic heterocycles. The van der Waals surface area contributed by atoms with Crippen LogP contribution in [0.1, 0.15) is 21.5 Å². The van der Waals surface area contributed by atoms with Gasteiger partial charge in [0.15, 0.2) is 0 Å². The van der Waals surface area contributed by atoms with Crippen molar-refractivity contribution in [2.24, 2.45) is 0 Å². The lowest BCUT2D eigenvalue weighted by Gasteiger charge is -2.10. The summed E-state index contributed by atoms with van der Waals surface area (Å²) in [5.41, 5.74) is 2.15. The van der Waals surface area contributed by atoms with Crippen LogP contribution < -0.4 is 9.47 Å². The van der Waals surface area contributed by atoms with Gasteiger partial charge < -0.3 is 14.6 Å². The molecule has 0 amide bonds. The van der Waals surface area contributed by atoms with Crippen molar-refractivity contribution in [2.45, 2.75) is 12.8 Å². The molecule has 4 heteroatoms. The molecule has 0 aliphatic carbocycles. The number of aryl methyl sites for hydroxylation is 2. The van der Waals surface area contributed by atoms with Gasteiger partial charge in [0.2, 0.25) is 0 Å². The fourth-order valence-corrected chi connectivity index (χ4v) is 2.27. The summed E-state index contributed by atoms with van der Waals surface area (Å²) in [4.78, 5) is 11.4. The van der Waals surface area contributed by atoms with Gasteiger partial charge in [-0.1, -0.05) is 24.3 Å². The van der Waals surface area contributed by atoms with Crippen LogP contribution in [0.5, 0.6) is 11.5 Å². The number of benzene rings is 2. The van der Waals surface area contributed by atoms with Gasteiger partial charge in [-0.2, -0.15) is 0 Å². The number of hydrogen-bond donors (Lipinski definition) is 1. The maximum Gasteiger partial charge on any atom is 0.339 e. The minimum absolute atomic E-state index is 0.244. The highest BCUT2D eigenvalue weighted by Crippen LogP contribution is 2.24. The molecule has 0 fully saturated rings. The van der Waals surface area contributed by atoms with Crippen molar-refractivity contribution in [3.63, 3.8) is 0 Å². The molecule has 0 aromatic heterocycles. The molecule has 0 heterocycles. The van der Waals surface area contributed by atoms with E-state index in [0.717, 1.165) is 23.3 Å². The molecule has 0 saturated heterocycles. The van der Waals surface area contributed by atoms with Crippen LogP contribution in [0.2, 0.25) is 0 Å². The molecular formula is C17H18O4. The lowest BCUT2D eigenvalue weighted by Crippen LogP contribution is -2.06. The van der Waals surface area contributed by atoms with E-state index in [4.69, 9.17) is 9.47 Å². The van der Waals surface area contributed by atoms with E-state index in [1.54, 1.807) is 13.2 Å². The van der Waals surface area contributed by atoms with Crippen LogP contribution in [0.25, 0.3) is 0 Å². The van der Waals surface area contributed by atoms with Gasteiger partial charge in [0.1, 0.15) is 17.1 Å². The Morgan fingerprint density at radius 3 is 2.29 bits per heavy atom. The van der Waals surface area contributed by atoms with E-state index in [-0.39, 0.29) is 5.56 Å². The van der Waals surface area contributed by atoms with Crippen LogP contribution in [0.15, 0.2) is 42.5 Å². The summed E-state index contributed by atoms with van der Waals surface area (Å²) in [6.45, 7) is 0. The highest BCUT2D eigenvalue weighted by atomic mass is 16.5. The molecule has 0 bridgehead atoms. The minimum Gasteiger partial charge on any atom is -0.497 e. The third kappa shape index (κ3) is 3.54. The first-order valence-electron chi connectivity index (χ1n) is 6.67. The lowest BCUT2D eigenvalue weighted by molar-refractivity contribution is 0.0692. The predicted octanol–water partition coefficient (Wildman–Crippen LogP) is 3.19. The molecular weight excluding hydrogens is 268 g/mol. The molecule has 21 heavy (non-hydrogen) atoms. The Balaban J connectivity index is 2.17. The highest BCUT2D eigenvalue weighted by Gasteiger charge is 2.15. The molecule has 0 unspecified atom stereocenters. The Bertz CT molecular complexity index is 617. The van der Waals surface area contributed by atoms with E-state index < -0.39 is 5.97 Å². The second-order valence-electron chi connectivity index (χ2n) is 4.65. The lowest BCUT2D eigenvalue weighted by atomic mass is 9.99. The fourth-order valence-electron chi connectivity index (χ4n) is 2.27. The van der Waals surface area contributed by atoms with E-state index in [1.165, 1.54) is 7.11 Å². The summed E-state index contributed by atoms with van der Waals surface area (Å²) in [5.74, 6) is 0.248. The van der Waals surface area contributed by atoms with Crippen molar-refractivity contribution in [3.05, 3.63) is 59.2 Å². The van der Waals surface area contributed by atoms with Crippen molar-refractivity contribution < 1.29 is 19.4 Å². The van der Waals surface area contributed by atoms with Crippen LogP contribution in [0.3, 0.4) is 0 Å². The fraction of sp³-hybridized carbons (Fsp3) is 0.235. The SMILES string of the molecule is COc1ccc(CCc2cccc(OC)c2C(=O)O)cc1. The van der Waals surface area contributed by atoms with Crippen molar-refractivity contribution in [2.75, 3.05) is 14.2 Å². The first kappa shape index (κ1) is 14.9. The minimum atomic E-state index is -0.961. The third-order valence-electron chi connectivity index (χ3n) is 3.39. The first-order valence-corrected chi connectivity index (χ1v) is 6.67. The van der Waals surface area contributed by atoms with Gasteiger partial charge in [0.05, 0.1) is 14.2 Å². The molecule has 4 nitrogen and oxygen atoms in total. The molecule has 0 radical (unpaired) electrons. The van der Waals surface area contributed by atoms with Crippen LogP contribution in [-0.4, -0.2) is 25.3 Å². The standard InChI is InChI=1S/C17H18O4/c1-20-14-10-7-12(8-11-14)6-9-13-4-3-5-15(21-2)16(13)17(18)19/h3-5,7-8,10-11H,6,9H2,1-2H3,(H,18,19). The second-order valence-corrected chi connectivity index (χ2v) is 4.65. The number of methoxy groups -OCH3 is 2. The summed E-state index contributed by atoms with van der Waals surface area (Å²) in [6.07, 6.45) is 1.41. The summed E-state index contributed by atoms with van der Waals surface area (Å²) >= 11 is 0. The zero-order valence-corrected chi connectivity index (χ0v) is 12.1. The summed E-state index contributed by atoms with van der Waals surface area (Å²) < 4.78 is 10.3. The Kier molecular flexibility index (Phi) is 4.82. The molecule has 0 aliphatic rings. The largest absolute Gasteiger partial charge is 0.497 e. The molecule has 0 saturated carbocycles. The van der Waals surface area contributed by atoms with Gasteiger partial charge in [0, 0.05) is 0 Å². The molecule has 2 rings (SSSR count). The number of carboxylic acids is 1. The first-order chi connectivity index (χ1) is 10.2. The summed E-state index contributed by atoms with van der Waals surface area (Å²) in [6, 6.07) is 13.1. The van der Waals surface area contributed by atoms with Crippen molar-refractivity contribution in [1.82, 2.24) is 0 Å². The average Bonchev–Trinajstić information content (AvgIpc) is 2.52. The third-order valence-corrected chi connectivity index (χ3v) is 3.39. The predicted molar refractivity (Wildman–Crippen MR) is 80.4 cm³/mol. The smallest absolute Gasteiger partial charge is 0.339 e. The van der Waals surface area contributed by atoms with Crippen LogP contribution in [0, 0.1) is 0 Å². The van der Waals surface area contributed by atoms with Crippen LogP contribution in [-0.2, 0) is 12.8 Å². The number of rotatable bonds is 6. The van der Waals surface area contributed by atoms with Gasteiger partial charge in [-0.15, -0.1) is 0 Å². The van der Waals surface area contributed by atoms with E-state index >= 15 is 0 Å². The number of ether oxygens (including phenoxy) is 2. The van der Waals surface area contributed by atoms with Crippen molar-refractivity contribution in [3.8, 4) is 11.5 Å². The number of carbonyl (C=O) groups is 1. The monoisotopic (exact) mass is 286 g/mol. The molecule has 2 aromatic carbocycles. The normalized spacial score (nSPS) is 10.2. The van der Waals surface area contributed by atoms with Crippen LogP contribution in [0.4, 0.5) is 0 Å². The quantitative estimate of drug-likeness (QED) is 0.886. The summed E-state index contributed by atoms with van der Waals surface area (Å²) in [5, 5.41) is 9.35. The topological polar surface area (TPSA) is 55.8 Å². The Labute approximate surface area is 123 Å².